The quantitative estimate of drug-likeness (QED) is 0.0590. The molecular weight excluding hydrogens is 816 g/mol. The van der Waals surface area contributed by atoms with Crippen LogP contribution in [0, 0.1) is 5.92 Å². The van der Waals surface area contributed by atoms with E-state index < -0.39 is 97.6 Å². The topological polar surface area (TPSA) is 300 Å². The lowest BCUT2D eigenvalue weighted by atomic mass is 9.92. The summed E-state index contributed by atoms with van der Waals surface area (Å²) < 4.78 is 30.7. The summed E-state index contributed by atoms with van der Waals surface area (Å²) in [6.45, 7) is 2.30. The summed E-state index contributed by atoms with van der Waals surface area (Å²) in [4.78, 5) is 60.6. The maximum absolute atomic E-state index is 13.6. The monoisotopic (exact) mass is 874 g/mol. The Morgan fingerprint density at radius 2 is 1.76 bits per heavy atom. The predicted molar refractivity (Wildman–Crippen MR) is 215 cm³/mol. The van der Waals surface area contributed by atoms with Crippen LogP contribution in [0.2, 0.25) is 0 Å². The first-order chi connectivity index (χ1) is 29.8. The number of esters is 1. The molecule has 3 fully saturated rings. The van der Waals surface area contributed by atoms with E-state index in [1.807, 2.05) is 6.20 Å². The summed E-state index contributed by atoms with van der Waals surface area (Å²) in [5, 5.41) is 65.8. The number of hydrogen-bond acceptors (Lipinski definition) is 17. The zero-order valence-corrected chi connectivity index (χ0v) is 35.1. The van der Waals surface area contributed by atoms with Gasteiger partial charge in [-0.3, -0.25) is 18.8 Å². The van der Waals surface area contributed by atoms with Crippen LogP contribution in [0.15, 0.2) is 31.0 Å². The number of unbranched alkanes of at least 4 members (excludes halogenated alkanes) is 1. The van der Waals surface area contributed by atoms with Gasteiger partial charge in [0.05, 0.1) is 50.4 Å². The lowest BCUT2D eigenvalue weighted by molar-refractivity contribution is -0.325. The number of aliphatic hydroxyl groups excluding tert-OH is 5. The molecule has 2 saturated heterocycles. The maximum Gasteiger partial charge on any atom is 0.328 e. The van der Waals surface area contributed by atoms with Gasteiger partial charge in [-0.1, -0.05) is 12.8 Å². The Morgan fingerprint density at radius 3 is 2.44 bits per heavy atom. The smallest absolute Gasteiger partial charge is 0.328 e. The molecule has 22 heteroatoms. The number of amides is 3. The molecule has 1 saturated carbocycles. The molecule has 3 aromatic heterocycles. The van der Waals surface area contributed by atoms with Gasteiger partial charge in [0.2, 0.25) is 5.91 Å². The molecule has 8 N–H and O–H groups in total. The van der Waals surface area contributed by atoms with Gasteiger partial charge < -0.3 is 65.2 Å². The molecule has 62 heavy (non-hydrogen) atoms. The van der Waals surface area contributed by atoms with Crippen LogP contribution in [-0.2, 0) is 38.1 Å². The van der Waals surface area contributed by atoms with E-state index in [1.165, 1.54) is 38.2 Å². The van der Waals surface area contributed by atoms with E-state index >= 15 is 0 Å². The SMILES string of the molecule is COC(=O)[C@H](CCCCNC(=O)C1O[C@@H](O[C@@H]2C(NC(C)=O)[C@H](C)OC(CO)[C@H]2O)C(O)[C@@H](O)[C@@H]1OC)NC(=O)n1ccc2c(-c3cnn([C@H](CO)C4CCCC4)c3)ncnc21. The molecule has 12 atom stereocenters. The van der Waals surface area contributed by atoms with Gasteiger partial charge in [0.25, 0.3) is 5.91 Å². The van der Waals surface area contributed by atoms with E-state index in [2.05, 4.69) is 31.0 Å². The van der Waals surface area contributed by atoms with E-state index in [0.717, 1.165) is 25.7 Å². The fourth-order valence-corrected chi connectivity index (χ4v) is 8.63. The molecule has 3 aliphatic rings. The summed E-state index contributed by atoms with van der Waals surface area (Å²) in [6, 6.07) is -1.10. The Labute approximate surface area is 357 Å². The normalized spacial score (nSPS) is 28.9. The third-order valence-corrected chi connectivity index (χ3v) is 11.9. The van der Waals surface area contributed by atoms with Crippen LogP contribution in [0.5, 0.6) is 0 Å². The zero-order chi connectivity index (χ0) is 44.7. The number of ether oxygens (including phenoxy) is 5. The Balaban J connectivity index is 1.05. The second kappa shape index (κ2) is 21.1. The van der Waals surface area contributed by atoms with Crippen molar-refractivity contribution in [3.63, 3.8) is 0 Å². The molecule has 0 spiro atoms. The number of methoxy groups -OCH3 is 2. The lowest BCUT2D eigenvalue weighted by Crippen LogP contribution is -2.68. The molecule has 22 nitrogen and oxygen atoms in total. The molecule has 1 aliphatic carbocycles. The minimum atomic E-state index is -1.75. The molecule has 0 aromatic carbocycles. The number of rotatable bonds is 17. The number of carbonyl (C=O) groups is 4. The lowest BCUT2D eigenvalue weighted by Gasteiger charge is -2.47. The van der Waals surface area contributed by atoms with Gasteiger partial charge >= 0.3 is 12.0 Å². The van der Waals surface area contributed by atoms with Crippen molar-refractivity contribution in [1.82, 2.24) is 40.3 Å². The Bertz CT molecular complexity index is 1990. The molecule has 3 amide bonds. The Morgan fingerprint density at radius 1 is 1.00 bits per heavy atom. The van der Waals surface area contributed by atoms with E-state index in [-0.39, 0.29) is 25.6 Å². The van der Waals surface area contributed by atoms with Crippen molar-refractivity contribution in [2.24, 2.45) is 5.92 Å². The summed E-state index contributed by atoms with van der Waals surface area (Å²) >= 11 is 0. The summed E-state index contributed by atoms with van der Waals surface area (Å²) in [7, 11) is 2.42. The van der Waals surface area contributed by atoms with Crippen molar-refractivity contribution in [2.75, 3.05) is 34.0 Å². The van der Waals surface area contributed by atoms with Gasteiger partial charge in [-0.15, -0.1) is 0 Å². The number of aromatic nitrogens is 5. The van der Waals surface area contributed by atoms with Crippen molar-refractivity contribution < 1.29 is 68.4 Å². The van der Waals surface area contributed by atoms with E-state index in [0.29, 0.717) is 41.1 Å². The van der Waals surface area contributed by atoms with Gasteiger partial charge in [-0.25, -0.2) is 19.6 Å². The third kappa shape index (κ3) is 10.2. The first-order valence-electron chi connectivity index (χ1n) is 20.9. The van der Waals surface area contributed by atoms with Crippen molar-refractivity contribution in [2.45, 2.75) is 132 Å². The Kier molecular flexibility index (Phi) is 16.0. The molecule has 0 radical (unpaired) electrons. The summed E-state index contributed by atoms with van der Waals surface area (Å²) in [5.41, 5.74) is 1.54. The van der Waals surface area contributed by atoms with Crippen molar-refractivity contribution >= 4 is 34.8 Å². The molecule has 2 aliphatic heterocycles. The van der Waals surface area contributed by atoms with E-state index in [4.69, 9.17) is 23.7 Å². The van der Waals surface area contributed by atoms with Crippen LogP contribution in [0.4, 0.5) is 4.79 Å². The second-order valence-corrected chi connectivity index (χ2v) is 15.9. The number of hydrogen-bond donors (Lipinski definition) is 8. The Hall–Kier alpha value is -4.65. The van der Waals surface area contributed by atoms with Crippen molar-refractivity contribution in [3.8, 4) is 11.3 Å². The first-order valence-corrected chi connectivity index (χ1v) is 20.9. The molecular formula is C40H58N8O14. The van der Waals surface area contributed by atoms with Crippen molar-refractivity contribution in [1.29, 1.82) is 0 Å². The largest absolute Gasteiger partial charge is 0.467 e. The van der Waals surface area contributed by atoms with Gasteiger partial charge in [-0.2, -0.15) is 5.10 Å². The molecule has 4 unspecified atom stereocenters. The fourth-order valence-electron chi connectivity index (χ4n) is 8.63. The van der Waals surface area contributed by atoms with E-state index in [1.54, 1.807) is 23.9 Å². The zero-order valence-electron chi connectivity index (χ0n) is 35.1. The number of nitrogens with one attached hydrogen (secondary N) is 3. The van der Waals surface area contributed by atoms with Gasteiger partial charge in [0.15, 0.2) is 18.0 Å². The minimum Gasteiger partial charge on any atom is -0.467 e. The highest BCUT2D eigenvalue weighted by Crippen LogP contribution is 2.35. The molecule has 6 rings (SSSR count). The summed E-state index contributed by atoms with van der Waals surface area (Å²) in [6.07, 6.45) is -1.10. The van der Waals surface area contributed by atoms with Crippen LogP contribution in [0.25, 0.3) is 22.3 Å². The number of nitrogens with zero attached hydrogens (tertiary/aromatic N) is 5. The van der Waals surface area contributed by atoms with Crippen LogP contribution in [0.3, 0.4) is 0 Å². The van der Waals surface area contributed by atoms with Crippen LogP contribution in [0.1, 0.15) is 64.8 Å². The molecule has 3 aromatic rings. The molecule has 0 bridgehead atoms. The average Bonchev–Trinajstić information content (AvgIpc) is 4.07. The van der Waals surface area contributed by atoms with Gasteiger partial charge in [0.1, 0.15) is 49.0 Å². The minimum absolute atomic E-state index is 0.0309. The van der Waals surface area contributed by atoms with Crippen LogP contribution >= 0.6 is 0 Å². The van der Waals surface area contributed by atoms with Crippen LogP contribution in [-0.4, -0.2) is 175 Å². The van der Waals surface area contributed by atoms with Gasteiger partial charge in [-0.05, 0) is 51.0 Å². The molecule has 5 heterocycles. The highest BCUT2D eigenvalue weighted by molar-refractivity contribution is 5.97. The number of carbonyl (C=O) groups excluding carboxylic acids is 4. The van der Waals surface area contributed by atoms with Crippen LogP contribution < -0.4 is 16.0 Å². The van der Waals surface area contributed by atoms with Crippen molar-refractivity contribution in [3.05, 3.63) is 31.0 Å². The highest BCUT2D eigenvalue weighted by Gasteiger charge is 2.52. The predicted octanol–water partition coefficient (Wildman–Crippen LogP) is -1.10. The summed E-state index contributed by atoms with van der Waals surface area (Å²) in [5.74, 6) is -1.54. The number of fused-ring (bicyclic) bond motifs is 1. The third-order valence-electron chi connectivity index (χ3n) is 11.9. The molecule has 342 valence electrons. The standard InChI is InChI=1S/C40H58N8O14/c1-20-28(45-21(2)51)33(30(52)27(18-50)60-20)61-39-32(54)31(53)34(58-3)35(62-39)37(55)41-13-8-7-11-25(38(56)59-4)46-40(57)47-14-12-24-29(42-19-43-36(24)47)23-15-44-48(16-23)26(17-49)22-9-5-6-10-22/h12,14-16,19-20,22,25-28,30-35,39,49-50,52-54H,5-11,13,17-18H2,1-4H3,(H,41,55)(H,45,51)(H,46,57)/t20-,25-,26+,27?,28?,30+,31+,32?,33+,34-,35?,39+/m0/s1. The average molecular weight is 875 g/mol. The van der Waals surface area contributed by atoms with E-state index in [9.17, 15) is 44.7 Å². The van der Waals surface area contributed by atoms with Gasteiger partial charge in [0, 0.05) is 43.9 Å². The highest BCUT2D eigenvalue weighted by atomic mass is 16.7. The first kappa shape index (κ1) is 46.8. The fraction of sp³-hybridized carbons (Fsp3) is 0.675. The number of aliphatic hydroxyl groups is 5. The maximum atomic E-state index is 13.6. The second-order valence-electron chi connectivity index (χ2n) is 15.9.